The number of rotatable bonds is 7. The van der Waals surface area contributed by atoms with Crippen molar-refractivity contribution >= 4 is 5.91 Å². The van der Waals surface area contributed by atoms with E-state index in [-0.39, 0.29) is 18.6 Å². The Morgan fingerprint density at radius 3 is 2.81 bits per heavy atom. The van der Waals surface area contributed by atoms with E-state index in [1.54, 1.807) is 13.3 Å². The van der Waals surface area contributed by atoms with Gasteiger partial charge in [-0.25, -0.2) is 4.98 Å². The molecule has 1 atom stereocenters. The first kappa shape index (κ1) is 21.0. The molecule has 2 heterocycles. The van der Waals surface area contributed by atoms with Gasteiger partial charge in [0.2, 0.25) is 5.89 Å². The van der Waals surface area contributed by atoms with Crippen molar-refractivity contribution in [2.75, 3.05) is 20.3 Å². The molecule has 1 amide bonds. The van der Waals surface area contributed by atoms with E-state index in [4.69, 9.17) is 13.9 Å². The van der Waals surface area contributed by atoms with E-state index in [0.29, 0.717) is 24.6 Å². The van der Waals surface area contributed by atoms with Gasteiger partial charge in [-0.1, -0.05) is 29.8 Å². The van der Waals surface area contributed by atoms with Gasteiger partial charge in [0.1, 0.15) is 23.3 Å². The monoisotopic (exact) mass is 420 g/mol. The number of nitrogens with zero attached hydrogens (tertiary/aromatic N) is 2. The molecule has 6 heteroatoms. The Kier molecular flexibility index (Phi) is 6.55. The fourth-order valence-corrected chi connectivity index (χ4v) is 3.89. The minimum atomic E-state index is -0.151. The normalized spacial score (nSPS) is 16.2. The van der Waals surface area contributed by atoms with E-state index in [9.17, 15) is 4.79 Å². The molecule has 162 valence electrons. The fraction of sp³-hybridized carbons (Fsp3) is 0.360. The van der Waals surface area contributed by atoms with Crippen LogP contribution in [0.5, 0.6) is 11.5 Å². The molecule has 1 aromatic heterocycles. The lowest BCUT2D eigenvalue weighted by atomic mass is 10.0. The Morgan fingerprint density at radius 1 is 1.16 bits per heavy atom. The lowest BCUT2D eigenvalue weighted by Crippen LogP contribution is -2.41. The van der Waals surface area contributed by atoms with Crippen LogP contribution in [-0.4, -0.2) is 36.1 Å². The first-order chi connectivity index (χ1) is 15.1. The summed E-state index contributed by atoms with van der Waals surface area (Å²) in [4.78, 5) is 19.3. The van der Waals surface area contributed by atoms with Crippen molar-refractivity contribution in [1.29, 1.82) is 0 Å². The van der Waals surface area contributed by atoms with Crippen LogP contribution in [0.3, 0.4) is 0 Å². The Bertz CT molecular complexity index is 1010. The highest BCUT2D eigenvalue weighted by molar-refractivity contribution is 5.78. The minimum Gasteiger partial charge on any atom is -0.497 e. The van der Waals surface area contributed by atoms with E-state index < -0.39 is 0 Å². The molecule has 0 bridgehead atoms. The highest BCUT2D eigenvalue weighted by Gasteiger charge is 2.31. The van der Waals surface area contributed by atoms with Gasteiger partial charge >= 0.3 is 0 Å². The average molecular weight is 421 g/mol. The number of carbonyl (C=O) groups excluding carboxylic acids is 1. The minimum absolute atomic E-state index is 0.0108. The number of aryl methyl sites for hydroxylation is 1. The van der Waals surface area contributed by atoms with Crippen LogP contribution in [0.15, 0.2) is 59.1 Å². The molecule has 4 rings (SSSR count). The number of hydrogen-bond donors (Lipinski definition) is 0. The van der Waals surface area contributed by atoms with E-state index >= 15 is 0 Å². The van der Waals surface area contributed by atoms with Crippen molar-refractivity contribution in [1.82, 2.24) is 9.88 Å². The number of benzene rings is 2. The molecule has 1 unspecified atom stereocenters. The molecule has 6 nitrogen and oxygen atoms in total. The summed E-state index contributed by atoms with van der Waals surface area (Å²) >= 11 is 0. The Labute approximate surface area is 182 Å². The van der Waals surface area contributed by atoms with Gasteiger partial charge in [-0.15, -0.1) is 0 Å². The molecule has 0 aliphatic carbocycles. The van der Waals surface area contributed by atoms with Crippen LogP contribution < -0.4 is 9.47 Å². The maximum atomic E-state index is 12.9. The SMILES string of the molecule is COc1cccc(Cc2cnc(C3CCCCN3C(=O)COc3ccc(C)cc3)o2)c1. The molecule has 0 radical (unpaired) electrons. The first-order valence-corrected chi connectivity index (χ1v) is 10.7. The molecular weight excluding hydrogens is 392 g/mol. The topological polar surface area (TPSA) is 64.8 Å². The predicted octanol–water partition coefficient (Wildman–Crippen LogP) is 4.72. The second-order valence-corrected chi connectivity index (χ2v) is 7.89. The van der Waals surface area contributed by atoms with Crippen molar-refractivity contribution in [3.05, 3.63) is 77.5 Å². The molecule has 2 aromatic carbocycles. The van der Waals surface area contributed by atoms with Gasteiger partial charge in [0.15, 0.2) is 6.61 Å². The Hall–Kier alpha value is -3.28. The fourth-order valence-electron chi connectivity index (χ4n) is 3.89. The molecule has 1 fully saturated rings. The van der Waals surface area contributed by atoms with E-state index in [1.165, 1.54) is 0 Å². The van der Waals surface area contributed by atoms with Gasteiger partial charge in [0.25, 0.3) is 5.91 Å². The van der Waals surface area contributed by atoms with Crippen LogP contribution >= 0.6 is 0 Å². The summed E-state index contributed by atoms with van der Waals surface area (Å²) in [6, 6.07) is 15.5. The zero-order valence-corrected chi connectivity index (χ0v) is 18.0. The number of amides is 1. The molecular formula is C25H28N2O4. The third kappa shape index (κ3) is 5.26. The number of piperidine rings is 1. The third-order valence-corrected chi connectivity index (χ3v) is 5.58. The number of hydrogen-bond acceptors (Lipinski definition) is 5. The predicted molar refractivity (Wildman–Crippen MR) is 117 cm³/mol. The van der Waals surface area contributed by atoms with Crippen LogP contribution in [0, 0.1) is 6.92 Å². The zero-order chi connectivity index (χ0) is 21.6. The Morgan fingerprint density at radius 2 is 2.00 bits per heavy atom. The number of oxazole rings is 1. The highest BCUT2D eigenvalue weighted by atomic mass is 16.5. The van der Waals surface area contributed by atoms with Crippen molar-refractivity contribution in [2.45, 2.75) is 38.6 Å². The third-order valence-electron chi connectivity index (χ3n) is 5.58. The number of likely N-dealkylation sites (tertiary alicyclic amines) is 1. The van der Waals surface area contributed by atoms with Gasteiger partial charge in [-0.3, -0.25) is 4.79 Å². The number of ether oxygens (including phenoxy) is 2. The summed E-state index contributed by atoms with van der Waals surface area (Å²) in [6.45, 7) is 2.72. The largest absolute Gasteiger partial charge is 0.497 e. The number of aromatic nitrogens is 1. The molecule has 3 aromatic rings. The number of methoxy groups -OCH3 is 1. The maximum absolute atomic E-state index is 12.9. The second-order valence-electron chi connectivity index (χ2n) is 7.89. The van der Waals surface area contributed by atoms with Gasteiger partial charge < -0.3 is 18.8 Å². The lowest BCUT2D eigenvalue weighted by molar-refractivity contribution is -0.137. The molecule has 1 aliphatic heterocycles. The molecule has 1 saturated heterocycles. The van der Waals surface area contributed by atoms with Crippen LogP contribution in [0.2, 0.25) is 0 Å². The lowest BCUT2D eigenvalue weighted by Gasteiger charge is -2.33. The second kappa shape index (κ2) is 9.69. The van der Waals surface area contributed by atoms with Crippen LogP contribution in [-0.2, 0) is 11.2 Å². The first-order valence-electron chi connectivity index (χ1n) is 10.7. The van der Waals surface area contributed by atoms with Gasteiger partial charge in [0.05, 0.1) is 13.3 Å². The maximum Gasteiger partial charge on any atom is 0.261 e. The summed E-state index contributed by atoms with van der Waals surface area (Å²) in [5, 5.41) is 0. The smallest absolute Gasteiger partial charge is 0.261 e. The molecule has 0 saturated carbocycles. The molecule has 0 N–H and O–H groups in total. The quantitative estimate of drug-likeness (QED) is 0.554. The van der Waals surface area contributed by atoms with Crippen molar-refractivity contribution in [2.24, 2.45) is 0 Å². The molecule has 31 heavy (non-hydrogen) atoms. The van der Waals surface area contributed by atoms with Crippen LogP contribution in [0.4, 0.5) is 0 Å². The zero-order valence-electron chi connectivity index (χ0n) is 18.0. The van der Waals surface area contributed by atoms with E-state index in [2.05, 4.69) is 4.98 Å². The van der Waals surface area contributed by atoms with E-state index in [0.717, 1.165) is 41.9 Å². The van der Waals surface area contributed by atoms with Crippen molar-refractivity contribution < 1.29 is 18.7 Å². The molecule has 0 spiro atoms. The Balaban J connectivity index is 1.42. The summed E-state index contributed by atoms with van der Waals surface area (Å²) in [5.74, 6) is 2.84. The summed E-state index contributed by atoms with van der Waals surface area (Å²) in [6.07, 6.45) is 5.25. The number of carbonyl (C=O) groups is 1. The van der Waals surface area contributed by atoms with Gasteiger partial charge in [-0.05, 0) is 56.0 Å². The van der Waals surface area contributed by atoms with Crippen molar-refractivity contribution in [3.63, 3.8) is 0 Å². The summed E-state index contributed by atoms with van der Waals surface area (Å²) < 4.78 is 17.1. The average Bonchev–Trinajstić information content (AvgIpc) is 3.27. The summed E-state index contributed by atoms with van der Waals surface area (Å²) in [5.41, 5.74) is 2.24. The summed E-state index contributed by atoms with van der Waals surface area (Å²) in [7, 11) is 1.66. The van der Waals surface area contributed by atoms with Gasteiger partial charge in [-0.2, -0.15) is 0 Å². The van der Waals surface area contributed by atoms with E-state index in [1.807, 2.05) is 60.4 Å². The van der Waals surface area contributed by atoms with Gasteiger partial charge in [0, 0.05) is 13.0 Å². The van der Waals surface area contributed by atoms with Crippen molar-refractivity contribution in [3.8, 4) is 11.5 Å². The standard InChI is InChI=1S/C25H28N2O4/c1-18-9-11-20(12-10-18)30-17-24(28)27-13-4-3-8-23(27)25-26-16-22(31-25)15-19-6-5-7-21(14-19)29-2/h5-7,9-12,14,16,23H,3-4,8,13,15,17H2,1-2H3. The van der Waals surface area contributed by atoms with Crippen LogP contribution in [0.1, 0.15) is 48.1 Å². The van der Waals surface area contributed by atoms with Crippen LogP contribution in [0.25, 0.3) is 0 Å². The highest BCUT2D eigenvalue weighted by Crippen LogP contribution is 2.31. The molecule has 1 aliphatic rings.